The zero-order valence-corrected chi connectivity index (χ0v) is 7.01. The van der Waals surface area contributed by atoms with Crippen LogP contribution in [0.3, 0.4) is 0 Å². The van der Waals surface area contributed by atoms with Crippen LogP contribution in [0.1, 0.15) is 32.1 Å². The quantitative estimate of drug-likeness (QED) is 0.649. The van der Waals surface area contributed by atoms with Gasteiger partial charge in [0.25, 0.3) is 0 Å². The summed E-state index contributed by atoms with van der Waals surface area (Å²) in [4.78, 5) is 0. The highest BCUT2D eigenvalue weighted by Gasteiger charge is 2.22. The molecule has 1 aliphatic carbocycles. The molecule has 2 nitrogen and oxygen atoms in total. The molecule has 1 saturated carbocycles. The lowest BCUT2D eigenvalue weighted by Gasteiger charge is -2.33. The van der Waals surface area contributed by atoms with E-state index in [0.29, 0.717) is 12.2 Å². The van der Waals surface area contributed by atoms with E-state index in [1.54, 1.807) is 0 Å². The molecule has 0 aromatic carbocycles. The minimum Gasteiger partial charge on any atom is -0.372 e. The third-order valence-electron chi connectivity index (χ3n) is 2.68. The van der Waals surface area contributed by atoms with Crippen molar-refractivity contribution in [2.45, 2.75) is 44.3 Å². The van der Waals surface area contributed by atoms with Gasteiger partial charge in [0.1, 0.15) is 0 Å². The molecule has 1 N–H and O–H groups in total. The van der Waals surface area contributed by atoms with E-state index in [-0.39, 0.29) is 0 Å². The number of hydrogen-bond donors (Lipinski definition) is 1. The smallest absolute Gasteiger partial charge is 0.0827 e. The summed E-state index contributed by atoms with van der Waals surface area (Å²) < 4.78 is 5.86. The van der Waals surface area contributed by atoms with Crippen LogP contribution in [0.25, 0.3) is 0 Å². The third kappa shape index (κ3) is 1.94. The summed E-state index contributed by atoms with van der Waals surface area (Å²) in [5.74, 6) is 0. The average molecular weight is 155 g/mol. The zero-order valence-electron chi connectivity index (χ0n) is 7.01. The van der Waals surface area contributed by atoms with Gasteiger partial charge in [-0.3, -0.25) is 0 Å². The van der Waals surface area contributed by atoms with E-state index in [4.69, 9.17) is 4.74 Å². The predicted molar refractivity (Wildman–Crippen MR) is 44.6 cm³/mol. The fraction of sp³-hybridized carbons (Fsp3) is 1.00. The first-order valence-corrected chi connectivity index (χ1v) is 4.81. The summed E-state index contributed by atoms with van der Waals surface area (Å²) in [6.45, 7) is 2.16. The Morgan fingerprint density at radius 1 is 0.909 bits per heavy atom. The molecule has 0 aromatic heterocycles. The molecule has 0 bridgehead atoms. The SMILES string of the molecule is C1CCC(OC2CNC2)CC1. The molecule has 64 valence electrons. The van der Waals surface area contributed by atoms with E-state index < -0.39 is 0 Å². The van der Waals surface area contributed by atoms with Crippen molar-refractivity contribution in [3.63, 3.8) is 0 Å². The fourth-order valence-electron chi connectivity index (χ4n) is 1.83. The molecule has 0 radical (unpaired) electrons. The highest BCUT2D eigenvalue weighted by molar-refractivity contribution is 4.77. The lowest BCUT2D eigenvalue weighted by molar-refractivity contribution is -0.0519. The monoisotopic (exact) mass is 155 g/mol. The Morgan fingerprint density at radius 2 is 1.64 bits per heavy atom. The van der Waals surface area contributed by atoms with E-state index in [9.17, 15) is 0 Å². The second kappa shape index (κ2) is 3.55. The number of ether oxygens (including phenoxy) is 1. The molecule has 0 amide bonds. The first kappa shape index (κ1) is 7.56. The molecule has 0 aromatic rings. The average Bonchev–Trinajstić information content (AvgIpc) is 1.99. The molecule has 1 saturated heterocycles. The summed E-state index contributed by atoms with van der Waals surface area (Å²) in [5, 5.41) is 3.23. The van der Waals surface area contributed by atoms with Gasteiger partial charge in [-0.05, 0) is 12.8 Å². The van der Waals surface area contributed by atoms with E-state index in [1.807, 2.05) is 0 Å². The van der Waals surface area contributed by atoms with Crippen molar-refractivity contribution in [1.29, 1.82) is 0 Å². The van der Waals surface area contributed by atoms with Crippen LogP contribution in [0.4, 0.5) is 0 Å². The topological polar surface area (TPSA) is 21.3 Å². The Hall–Kier alpha value is -0.0800. The molecule has 2 heteroatoms. The van der Waals surface area contributed by atoms with Gasteiger partial charge in [-0.25, -0.2) is 0 Å². The number of nitrogens with one attached hydrogen (secondary N) is 1. The third-order valence-corrected chi connectivity index (χ3v) is 2.68. The van der Waals surface area contributed by atoms with Gasteiger partial charge in [-0.15, -0.1) is 0 Å². The summed E-state index contributed by atoms with van der Waals surface area (Å²) in [7, 11) is 0. The Morgan fingerprint density at radius 3 is 2.18 bits per heavy atom. The van der Waals surface area contributed by atoms with Crippen LogP contribution in [0.2, 0.25) is 0 Å². The maximum atomic E-state index is 5.86. The zero-order chi connectivity index (χ0) is 7.52. The van der Waals surface area contributed by atoms with Gasteiger partial charge in [0.05, 0.1) is 12.2 Å². The summed E-state index contributed by atoms with van der Waals surface area (Å²) >= 11 is 0. The second-order valence-electron chi connectivity index (χ2n) is 3.68. The first-order valence-electron chi connectivity index (χ1n) is 4.81. The molecular weight excluding hydrogens is 138 g/mol. The highest BCUT2D eigenvalue weighted by atomic mass is 16.5. The van der Waals surface area contributed by atoms with Crippen molar-refractivity contribution in [1.82, 2.24) is 5.32 Å². The summed E-state index contributed by atoms with van der Waals surface area (Å²) in [5.41, 5.74) is 0. The van der Waals surface area contributed by atoms with Crippen molar-refractivity contribution in [2.24, 2.45) is 0 Å². The molecule has 0 atom stereocenters. The molecule has 2 rings (SSSR count). The van der Waals surface area contributed by atoms with Crippen LogP contribution >= 0.6 is 0 Å². The Labute approximate surface area is 68.3 Å². The Bertz CT molecular complexity index is 117. The van der Waals surface area contributed by atoms with Gasteiger partial charge >= 0.3 is 0 Å². The molecular formula is C9H17NO. The van der Waals surface area contributed by atoms with Gasteiger partial charge in [0.2, 0.25) is 0 Å². The molecule has 0 spiro atoms. The van der Waals surface area contributed by atoms with E-state index in [2.05, 4.69) is 5.32 Å². The van der Waals surface area contributed by atoms with Gasteiger partial charge in [-0.2, -0.15) is 0 Å². The van der Waals surface area contributed by atoms with E-state index >= 15 is 0 Å². The van der Waals surface area contributed by atoms with Crippen molar-refractivity contribution < 1.29 is 4.74 Å². The van der Waals surface area contributed by atoms with Crippen LogP contribution in [0.5, 0.6) is 0 Å². The van der Waals surface area contributed by atoms with Crippen molar-refractivity contribution >= 4 is 0 Å². The van der Waals surface area contributed by atoms with Crippen LogP contribution in [-0.2, 0) is 4.74 Å². The van der Waals surface area contributed by atoms with Gasteiger partial charge in [0, 0.05) is 13.1 Å². The predicted octanol–water partition coefficient (Wildman–Crippen LogP) is 1.31. The maximum Gasteiger partial charge on any atom is 0.0827 e. The van der Waals surface area contributed by atoms with E-state index in [1.165, 1.54) is 32.1 Å². The molecule has 1 heterocycles. The van der Waals surface area contributed by atoms with Crippen molar-refractivity contribution in [2.75, 3.05) is 13.1 Å². The Kier molecular flexibility index (Phi) is 2.44. The lowest BCUT2D eigenvalue weighted by Crippen LogP contribution is -2.50. The van der Waals surface area contributed by atoms with Gasteiger partial charge in [0.15, 0.2) is 0 Å². The van der Waals surface area contributed by atoms with Crippen LogP contribution in [0, 0.1) is 0 Å². The standard InChI is InChI=1S/C9H17NO/c1-2-4-8(5-3-1)11-9-6-10-7-9/h8-10H,1-7H2. The Balaban J connectivity index is 1.67. The highest BCUT2D eigenvalue weighted by Crippen LogP contribution is 2.21. The van der Waals surface area contributed by atoms with Crippen molar-refractivity contribution in [3.05, 3.63) is 0 Å². The maximum absolute atomic E-state index is 5.86. The summed E-state index contributed by atoms with van der Waals surface area (Å²) in [6.07, 6.45) is 7.92. The number of hydrogen-bond acceptors (Lipinski definition) is 2. The minimum atomic E-state index is 0.540. The normalized spacial score (nSPS) is 28.4. The summed E-state index contributed by atoms with van der Waals surface area (Å²) in [6, 6.07) is 0. The second-order valence-corrected chi connectivity index (χ2v) is 3.68. The van der Waals surface area contributed by atoms with Crippen LogP contribution in [-0.4, -0.2) is 25.3 Å². The van der Waals surface area contributed by atoms with E-state index in [0.717, 1.165) is 13.1 Å². The van der Waals surface area contributed by atoms with Gasteiger partial charge < -0.3 is 10.1 Å². The van der Waals surface area contributed by atoms with Crippen LogP contribution < -0.4 is 5.32 Å². The lowest BCUT2D eigenvalue weighted by atomic mass is 9.97. The number of rotatable bonds is 2. The largest absolute Gasteiger partial charge is 0.372 e. The minimum absolute atomic E-state index is 0.540. The van der Waals surface area contributed by atoms with Gasteiger partial charge in [-0.1, -0.05) is 19.3 Å². The van der Waals surface area contributed by atoms with Crippen LogP contribution in [0.15, 0.2) is 0 Å². The van der Waals surface area contributed by atoms with Crippen molar-refractivity contribution in [3.8, 4) is 0 Å². The fourth-order valence-corrected chi connectivity index (χ4v) is 1.83. The molecule has 2 fully saturated rings. The molecule has 11 heavy (non-hydrogen) atoms. The first-order chi connectivity index (χ1) is 5.45. The molecule has 0 unspecified atom stereocenters. The molecule has 2 aliphatic rings. The molecule has 1 aliphatic heterocycles.